The molecule has 7 rings (SSSR count). The summed E-state index contributed by atoms with van der Waals surface area (Å²) in [5.74, 6) is 0.462. The molecule has 274 valence electrons. The van der Waals surface area contributed by atoms with Gasteiger partial charge in [0.25, 0.3) is 11.8 Å². The highest BCUT2D eigenvalue weighted by Gasteiger charge is 2.34. The Morgan fingerprint density at radius 3 is 2.36 bits per heavy atom. The molecule has 1 aromatic heterocycles. The van der Waals surface area contributed by atoms with Crippen LogP contribution in [-0.4, -0.2) is 77.3 Å². The first-order valence-electron chi connectivity index (χ1n) is 18.0. The van der Waals surface area contributed by atoms with E-state index in [0.29, 0.717) is 47.3 Å². The van der Waals surface area contributed by atoms with Crippen molar-refractivity contribution in [2.75, 3.05) is 44.9 Å². The average Bonchev–Trinajstić information content (AvgIpc) is 3.46. The number of carbonyl (C=O) groups excluding carboxylic acids is 2. The van der Waals surface area contributed by atoms with Crippen LogP contribution in [0.5, 0.6) is 11.5 Å². The topological polar surface area (TPSA) is 87.5 Å². The molecule has 9 nitrogen and oxygen atoms in total. The van der Waals surface area contributed by atoms with Gasteiger partial charge in [0.15, 0.2) is 0 Å². The largest absolute Gasteiger partial charge is 0.508 e. The number of aryl methyl sites for hydroxylation is 1. The summed E-state index contributed by atoms with van der Waals surface area (Å²) in [6, 6.07) is 28.1. The van der Waals surface area contributed by atoms with E-state index in [-0.39, 0.29) is 30.2 Å². The Kier molecular flexibility index (Phi) is 10.6. The van der Waals surface area contributed by atoms with E-state index >= 15 is 0 Å². The second-order valence-electron chi connectivity index (χ2n) is 13.9. The molecule has 53 heavy (non-hydrogen) atoms. The quantitative estimate of drug-likeness (QED) is 0.170. The summed E-state index contributed by atoms with van der Waals surface area (Å²) >= 11 is 6.73. The number of carbonyl (C=O) groups is 2. The molecule has 1 fully saturated rings. The van der Waals surface area contributed by atoms with Gasteiger partial charge in [0, 0.05) is 72.5 Å². The highest BCUT2D eigenvalue weighted by atomic mass is 35.5. The Bertz CT molecular complexity index is 2140. The third kappa shape index (κ3) is 7.42. The van der Waals surface area contributed by atoms with Crippen molar-refractivity contribution in [2.24, 2.45) is 7.05 Å². The number of para-hydroxylation sites is 1. The number of phenolic OH excluding ortho intramolecular Hbond substituents is 1. The molecule has 0 bridgehead atoms. The zero-order valence-electron chi connectivity index (χ0n) is 30.6. The van der Waals surface area contributed by atoms with Gasteiger partial charge in [-0.1, -0.05) is 54.1 Å². The van der Waals surface area contributed by atoms with E-state index in [1.54, 1.807) is 42.3 Å². The summed E-state index contributed by atoms with van der Waals surface area (Å²) in [6.07, 6.45) is 0.759. The zero-order valence-corrected chi connectivity index (χ0v) is 31.4. The number of aromatic hydroxyl groups is 1. The summed E-state index contributed by atoms with van der Waals surface area (Å²) in [6.45, 7) is 8.40. The van der Waals surface area contributed by atoms with Crippen LogP contribution in [0.15, 0.2) is 91.0 Å². The van der Waals surface area contributed by atoms with E-state index in [9.17, 15) is 14.7 Å². The van der Waals surface area contributed by atoms with Crippen LogP contribution in [0, 0.1) is 13.8 Å². The minimum Gasteiger partial charge on any atom is -0.508 e. The lowest BCUT2D eigenvalue weighted by Crippen LogP contribution is -2.52. The Labute approximate surface area is 315 Å². The van der Waals surface area contributed by atoms with Gasteiger partial charge in [0.2, 0.25) is 0 Å². The van der Waals surface area contributed by atoms with Gasteiger partial charge in [0.05, 0.1) is 38.0 Å². The van der Waals surface area contributed by atoms with Crippen molar-refractivity contribution < 1.29 is 24.2 Å². The minimum absolute atomic E-state index is 0.0382. The molecule has 1 atom stereocenters. The minimum atomic E-state index is -0.223. The van der Waals surface area contributed by atoms with E-state index in [1.807, 2.05) is 72.8 Å². The van der Waals surface area contributed by atoms with Crippen LogP contribution in [0.3, 0.4) is 0 Å². The summed E-state index contributed by atoms with van der Waals surface area (Å²) in [5, 5.41) is 10.5. The summed E-state index contributed by atoms with van der Waals surface area (Å²) < 4.78 is 13.2. The Hall–Kier alpha value is -5.09. The van der Waals surface area contributed by atoms with Crippen LogP contribution in [0.1, 0.15) is 48.7 Å². The maximum atomic E-state index is 15.0. The summed E-state index contributed by atoms with van der Waals surface area (Å²) in [7, 11) is 3.53. The Morgan fingerprint density at radius 1 is 0.925 bits per heavy atom. The monoisotopic (exact) mass is 732 g/mol. The molecule has 1 saturated heterocycles. The number of hydrogen-bond donors (Lipinski definition) is 1. The van der Waals surface area contributed by atoms with Crippen molar-refractivity contribution in [2.45, 2.75) is 39.4 Å². The number of rotatable bonds is 9. The number of methoxy groups -OCH3 is 1. The highest BCUT2D eigenvalue weighted by Crippen LogP contribution is 2.37. The van der Waals surface area contributed by atoms with E-state index in [0.717, 1.165) is 59.7 Å². The van der Waals surface area contributed by atoms with Crippen molar-refractivity contribution in [1.29, 1.82) is 0 Å². The number of fused-ring (bicyclic) bond motifs is 1. The number of anilines is 1. The number of ether oxygens (including phenoxy) is 2. The van der Waals surface area contributed by atoms with Gasteiger partial charge in [-0.2, -0.15) is 0 Å². The number of hydrogen-bond acceptors (Lipinski definition) is 6. The molecule has 2 aliphatic rings. The number of nitrogens with zero attached hydrogens (tertiary/aromatic N) is 4. The number of benzene rings is 4. The number of phenols is 1. The smallest absolute Gasteiger partial charge is 0.260 e. The molecule has 0 spiro atoms. The first-order chi connectivity index (χ1) is 25.6. The van der Waals surface area contributed by atoms with Crippen molar-refractivity contribution in [3.8, 4) is 22.8 Å². The SMILES string of the molecule is COc1ccccc1CN(C(=O)c1cc(-c2c(C)cc(Cl)cc2C(=O)N2Cc3ccccc3C[C@H]2CN2CCOCC2)n(C)c1C)c1ccc(O)cc1. The molecule has 10 heteroatoms. The Morgan fingerprint density at radius 2 is 1.62 bits per heavy atom. The highest BCUT2D eigenvalue weighted by molar-refractivity contribution is 6.31. The van der Waals surface area contributed by atoms with Crippen LogP contribution in [0.2, 0.25) is 5.02 Å². The lowest BCUT2D eigenvalue weighted by molar-refractivity contribution is 0.0193. The number of halogens is 1. The van der Waals surface area contributed by atoms with Crippen molar-refractivity contribution >= 4 is 29.1 Å². The number of morpholine rings is 1. The van der Waals surface area contributed by atoms with Gasteiger partial charge in [0.1, 0.15) is 11.5 Å². The van der Waals surface area contributed by atoms with Crippen LogP contribution < -0.4 is 9.64 Å². The third-order valence-electron chi connectivity index (χ3n) is 10.7. The van der Waals surface area contributed by atoms with E-state index in [4.69, 9.17) is 21.1 Å². The first-order valence-corrected chi connectivity index (χ1v) is 18.4. The molecule has 0 radical (unpaired) electrons. The molecular formula is C43H45ClN4O5. The number of aromatic nitrogens is 1. The normalized spacial score (nSPS) is 15.9. The lowest BCUT2D eigenvalue weighted by atomic mass is 9.91. The predicted molar refractivity (Wildman–Crippen MR) is 208 cm³/mol. The fraction of sp³-hybridized carbons (Fsp3) is 0.302. The molecule has 5 aromatic rings. The van der Waals surface area contributed by atoms with Crippen LogP contribution in [0.4, 0.5) is 5.69 Å². The van der Waals surface area contributed by atoms with Crippen molar-refractivity contribution in [1.82, 2.24) is 14.4 Å². The van der Waals surface area contributed by atoms with Gasteiger partial charge in [-0.15, -0.1) is 0 Å². The van der Waals surface area contributed by atoms with Gasteiger partial charge < -0.3 is 28.9 Å². The summed E-state index contributed by atoms with van der Waals surface area (Å²) in [4.78, 5) is 35.8. The van der Waals surface area contributed by atoms with E-state index in [2.05, 4.69) is 23.1 Å². The first kappa shape index (κ1) is 36.3. The van der Waals surface area contributed by atoms with Gasteiger partial charge >= 0.3 is 0 Å². The van der Waals surface area contributed by atoms with Crippen molar-refractivity contribution in [3.05, 3.63) is 135 Å². The summed E-state index contributed by atoms with van der Waals surface area (Å²) in [5.41, 5.74) is 7.95. The standard InChI is InChI=1S/C43H45ClN4O5/c1-28-21-33(44)23-38(43(51)48-25-31-10-6-5-9-30(31)22-35(48)27-46-17-19-53-20-18-46)41(28)39-24-37(29(2)45(39)3)42(50)47(34-13-15-36(49)16-14-34)26-32-11-7-8-12-40(32)52-4/h5-16,21,23-24,35,49H,17-20,22,25-27H2,1-4H3/t35-/m0/s1. The van der Waals surface area contributed by atoms with Gasteiger partial charge in [-0.3, -0.25) is 14.5 Å². The third-order valence-corrected chi connectivity index (χ3v) is 10.9. The van der Waals surface area contributed by atoms with Gasteiger partial charge in [-0.05, 0) is 85.5 Å². The molecule has 2 amide bonds. The van der Waals surface area contributed by atoms with E-state index < -0.39 is 0 Å². The fourth-order valence-electron chi connectivity index (χ4n) is 7.69. The van der Waals surface area contributed by atoms with E-state index in [1.165, 1.54) is 5.56 Å². The van der Waals surface area contributed by atoms with Crippen LogP contribution in [0.25, 0.3) is 11.3 Å². The maximum Gasteiger partial charge on any atom is 0.260 e. The maximum absolute atomic E-state index is 15.0. The molecule has 2 aliphatic heterocycles. The van der Waals surface area contributed by atoms with Gasteiger partial charge in [-0.25, -0.2) is 0 Å². The van der Waals surface area contributed by atoms with Crippen molar-refractivity contribution in [3.63, 3.8) is 0 Å². The van der Waals surface area contributed by atoms with Crippen LogP contribution in [-0.2, 0) is 31.3 Å². The zero-order chi connectivity index (χ0) is 37.2. The second kappa shape index (κ2) is 15.5. The lowest BCUT2D eigenvalue weighted by Gasteiger charge is -2.40. The molecule has 0 aliphatic carbocycles. The molecule has 3 heterocycles. The molecule has 4 aromatic carbocycles. The number of amides is 2. The predicted octanol–water partition coefficient (Wildman–Crippen LogP) is 7.42. The molecular weight excluding hydrogens is 688 g/mol. The fourth-order valence-corrected chi connectivity index (χ4v) is 7.97. The second-order valence-corrected chi connectivity index (χ2v) is 14.4. The molecule has 1 N–H and O–H groups in total. The van der Waals surface area contributed by atoms with Crippen LogP contribution >= 0.6 is 11.6 Å². The molecule has 0 saturated carbocycles. The Balaban J connectivity index is 1.28. The average molecular weight is 733 g/mol. The molecule has 0 unspecified atom stereocenters.